The molecule has 1 aliphatic carbocycles. The predicted octanol–water partition coefficient (Wildman–Crippen LogP) is 5.37. The standard InChI is InChI=1S/C31H32N2O3/c1-32-29(34)28(27-24-16-8-9-18-26(24)36-31(32)19-11-10-17-25(27)31)30(35)33(20-22-12-4-2-5-13-22)21-23-14-6-3-7-15-23/h2-9,12-16,18,25,27-28H,10-11,17,19-21H2,1H3/t25-,27+,28-,31-/m1/s1. The van der Waals surface area contributed by atoms with Gasteiger partial charge in [0.15, 0.2) is 5.72 Å². The maximum absolute atomic E-state index is 14.5. The van der Waals surface area contributed by atoms with Gasteiger partial charge in [0, 0.05) is 38.4 Å². The summed E-state index contributed by atoms with van der Waals surface area (Å²) in [5.74, 6) is -0.239. The molecule has 3 aromatic carbocycles. The van der Waals surface area contributed by atoms with E-state index < -0.39 is 11.6 Å². The molecule has 0 aromatic heterocycles. The number of hydrogen-bond donors (Lipinski definition) is 0. The molecule has 184 valence electrons. The third-order valence-electron chi connectivity index (χ3n) is 8.41. The van der Waals surface area contributed by atoms with Gasteiger partial charge in [-0.2, -0.15) is 0 Å². The van der Waals surface area contributed by atoms with Gasteiger partial charge in [0.05, 0.1) is 0 Å². The highest BCUT2D eigenvalue weighted by Gasteiger charge is 2.63. The average molecular weight is 481 g/mol. The van der Waals surface area contributed by atoms with Gasteiger partial charge in [-0.05, 0) is 35.6 Å². The van der Waals surface area contributed by atoms with Crippen LogP contribution in [0.25, 0.3) is 0 Å². The minimum atomic E-state index is -0.760. The molecule has 5 nitrogen and oxygen atoms in total. The highest BCUT2D eigenvalue weighted by atomic mass is 16.5. The van der Waals surface area contributed by atoms with E-state index >= 15 is 0 Å². The van der Waals surface area contributed by atoms with Crippen LogP contribution in [0.1, 0.15) is 48.3 Å². The fourth-order valence-corrected chi connectivity index (χ4v) is 6.72. The van der Waals surface area contributed by atoms with E-state index in [2.05, 4.69) is 6.07 Å². The number of nitrogens with zero attached hydrogens (tertiary/aromatic N) is 2. The Balaban J connectivity index is 1.43. The molecular weight excluding hydrogens is 448 g/mol. The zero-order valence-electron chi connectivity index (χ0n) is 20.7. The molecule has 6 rings (SSSR count). The second-order valence-corrected chi connectivity index (χ2v) is 10.4. The van der Waals surface area contributed by atoms with Crippen LogP contribution in [0.4, 0.5) is 0 Å². The molecule has 1 saturated heterocycles. The SMILES string of the molecule is CN1C(=O)[C@H](C(=O)N(Cc2ccccc2)Cc2ccccc2)[C@H]2c3ccccc3O[C@@]13CCCC[C@H]23. The van der Waals surface area contributed by atoms with E-state index in [0.717, 1.165) is 48.1 Å². The maximum Gasteiger partial charge on any atom is 0.238 e. The fourth-order valence-electron chi connectivity index (χ4n) is 6.72. The lowest BCUT2D eigenvalue weighted by Gasteiger charge is -2.60. The number of ether oxygens (including phenoxy) is 1. The Morgan fingerprint density at radius 2 is 1.53 bits per heavy atom. The van der Waals surface area contributed by atoms with Crippen LogP contribution >= 0.6 is 0 Å². The van der Waals surface area contributed by atoms with E-state index in [9.17, 15) is 9.59 Å². The van der Waals surface area contributed by atoms with Crippen LogP contribution in [0, 0.1) is 11.8 Å². The van der Waals surface area contributed by atoms with Gasteiger partial charge in [-0.1, -0.05) is 85.3 Å². The van der Waals surface area contributed by atoms with E-state index in [1.54, 1.807) is 4.90 Å². The molecule has 3 aromatic rings. The van der Waals surface area contributed by atoms with Gasteiger partial charge in [0.1, 0.15) is 11.7 Å². The molecule has 0 N–H and O–H groups in total. The molecule has 2 fully saturated rings. The normalized spacial score (nSPS) is 26.4. The molecule has 4 atom stereocenters. The number of hydrogen-bond acceptors (Lipinski definition) is 3. The van der Waals surface area contributed by atoms with Crippen molar-refractivity contribution in [2.45, 2.75) is 50.4 Å². The number of carbonyl (C=O) groups excluding carboxylic acids is 2. The van der Waals surface area contributed by atoms with Crippen molar-refractivity contribution in [2.75, 3.05) is 7.05 Å². The summed E-state index contributed by atoms with van der Waals surface area (Å²) in [5, 5.41) is 0. The van der Waals surface area contributed by atoms with Crippen molar-refractivity contribution < 1.29 is 14.3 Å². The van der Waals surface area contributed by atoms with Crippen LogP contribution < -0.4 is 4.74 Å². The van der Waals surface area contributed by atoms with Crippen molar-refractivity contribution in [1.29, 1.82) is 0 Å². The number of carbonyl (C=O) groups is 2. The topological polar surface area (TPSA) is 49.9 Å². The molecule has 36 heavy (non-hydrogen) atoms. The van der Waals surface area contributed by atoms with Crippen LogP contribution in [0.5, 0.6) is 5.75 Å². The van der Waals surface area contributed by atoms with Gasteiger partial charge in [-0.15, -0.1) is 0 Å². The number of piperidine rings is 1. The Bertz CT molecular complexity index is 1220. The first-order valence-corrected chi connectivity index (χ1v) is 13.0. The zero-order valence-corrected chi connectivity index (χ0v) is 20.7. The van der Waals surface area contributed by atoms with E-state index in [4.69, 9.17) is 4.74 Å². The summed E-state index contributed by atoms with van der Waals surface area (Å²) in [6.07, 6.45) is 3.88. The van der Waals surface area contributed by atoms with Crippen LogP contribution in [-0.4, -0.2) is 34.4 Å². The quantitative estimate of drug-likeness (QED) is 0.462. The minimum Gasteiger partial charge on any atom is -0.467 e. The molecule has 2 amide bonds. The van der Waals surface area contributed by atoms with Gasteiger partial charge in [-0.3, -0.25) is 9.59 Å². The molecule has 3 aliphatic rings. The number of benzene rings is 3. The van der Waals surface area contributed by atoms with E-state index in [1.807, 2.05) is 90.8 Å². The molecule has 0 radical (unpaired) electrons. The van der Waals surface area contributed by atoms with Gasteiger partial charge < -0.3 is 14.5 Å². The van der Waals surface area contributed by atoms with Crippen molar-refractivity contribution in [3.05, 3.63) is 102 Å². The summed E-state index contributed by atoms with van der Waals surface area (Å²) in [7, 11) is 1.84. The number of rotatable bonds is 5. The number of fused-ring (bicyclic) bond motifs is 2. The number of amides is 2. The van der Waals surface area contributed by atoms with Crippen molar-refractivity contribution in [3.8, 4) is 5.75 Å². The second-order valence-electron chi connectivity index (χ2n) is 10.4. The minimum absolute atomic E-state index is 0.0968. The summed E-state index contributed by atoms with van der Waals surface area (Å²) in [5.41, 5.74) is 2.45. The summed E-state index contributed by atoms with van der Waals surface area (Å²) < 4.78 is 6.64. The average Bonchev–Trinajstić information content (AvgIpc) is 2.92. The smallest absolute Gasteiger partial charge is 0.238 e. The molecule has 2 aliphatic heterocycles. The van der Waals surface area contributed by atoms with Crippen LogP contribution in [0.3, 0.4) is 0 Å². The Kier molecular flexibility index (Phi) is 5.79. The predicted molar refractivity (Wildman–Crippen MR) is 138 cm³/mol. The van der Waals surface area contributed by atoms with E-state index in [0.29, 0.717) is 13.1 Å². The third-order valence-corrected chi connectivity index (χ3v) is 8.41. The summed E-state index contributed by atoms with van der Waals surface area (Å²) in [6, 6.07) is 28.1. The number of likely N-dealkylation sites (tertiary alicyclic amines) is 1. The Labute approximate surface area is 212 Å². The molecule has 5 heteroatoms. The first-order chi connectivity index (χ1) is 17.6. The molecule has 2 bridgehead atoms. The summed E-state index contributed by atoms with van der Waals surface area (Å²) in [6.45, 7) is 0.922. The zero-order chi connectivity index (χ0) is 24.7. The van der Waals surface area contributed by atoms with Gasteiger partial charge in [-0.25, -0.2) is 0 Å². The maximum atomic E-state index is 14.5. The molecule has 2 heterocycles. The highest BCUT2D eigenvalue weighted by molar-refractivity contribution is 6.02. The Morgan fingerprint density at radius 1 is 0.917 bits per heavy atom. The van der Waals surface area contributed by atoms with Crippen LogP contribution in [0.2, 0.25) is 0 Å². The lowest BCUT2D eigenvalue weighted by atomic mass is 9.61. The Hall–Kier alpha value is -3.60. The molecule has 1 saturated carbocycles. The van der Waals surface area contributed by atoms with Crippen LogP contribution in [-0.2, 0) is 22.7 Å². The van der Waals surface area contributed by atoms with Gasteiger partial charge in [0.2, 0.25) is 11.8 Å². The van der Waals surface area contributed by atoms with E-state index in [1.165, 1.54) is 0 Å². The monoisotopic (exact) mass is 480 g/mol. The summed E-state index contributed by atoms with van der Waals surface area (Å²) >= 11 is 0. The molecule has 0 unspecified atom stereocenters. The largest absolute Gasteiger partial charge is 0.467 e. The lowest BCUT2D eigenvalue weighted by Crippen LogP contribution is -2.70. The first kappa shape index (κ1) is 22.8. The lowest BCUT2D eigenvalue weighted by molar-refractivity contribution is -0.203. The molecular formula is C31H32N2O3. The number of para-hydroxylation sites is 1. The second kappa shape index (κ2) is 9.12. The highest BCUT2D eigenvalue weighted by Crippen LogP contribution is 2.58. The van der Waals surface area contributed by atoms with Gasteiger partial charge in [0.25, 0.3) is 0 Å². The first-order valence-electron chi connectivity index (χ1n) is 13.0. The Morgan fingerprint density at radius 3 is 2.19 bits per heavy atom. The van der Waals surface area contributed by atoms with Gasteiger partial charge >= 0.3 is 0 Å². The van der Waals surface area contributed by atoms with Crippen molar-refractivity contribution in [1.82, 2.24) is 9.80 Å². The fraction of sp³-hybridized carbons (Fsp3) is 0.355. The van der Waals surface area contributed by atoms with Crippen molar-refractivity contribution >= 4 is 11.8 Å². The van der Waals surface area contributed by atoms with E-state index in [-0.39, 0.29) is 23.7 Å². The summed E-state index contributed by atoms with van der Waals surface area (Å²) in [4.78, 5) is 32.2. The van der Waals surface area contributed by atoms with Crippen molar-refractivity contribution in [3.63, 3.8) is 0 Å². The molecule has 0 spiro atoms. The third kappa shape index (κ3) is 3.69. The van der Waals surface area contributed by atoms with Crippen molar-refractivity contribution in [2.24, 2.45) is 11.8 Å². The van der Waals surface area contributed by atoms with Crippen LogP contribution in [0.15, 0.2) is 84.9 Å².